The lowest BCUT2D eigenvalue weighted by molar-refractivity contribution is -0.0457. The molecule has 0 radical (unpaired) electrons. The second kappa shape index (κ2) is 12.0. The van der Waals surface area contributed by atoms with Crippen molar-refractivity contribution >= 4 is 33.2 Å². The molecule has 5 rings (SSSR count). The van der Waals surface area contributed by atoms with Crippen molar-refractivity contribution in [2.45, 2.75) is 70.0 Å². The predicted molar refractivity (Wildman–Crippen MR) is 154 cm³/mol. The monoisotopic (exact) mass is 585 g/mol. The third-order valence-corrected chi connectivity index (χ3v) is 10.2. The standard InChI is InChI=1S/C30H36ClN3O5S/c31-25-10-7-24-19-39-28-12-9-22-17-27(28)34(14-4-2-6-21(24)16-25)18-23-8-11-26(23)30(36,20-32)13-3-1-5-15-40(37,38)33-29(22)35/h7,9-10,12,16-17,23,26,36H,1-6,8,11,13-15,18-19H2,(H,33,35)/t23-,26+,30-/m0/s1. The van der Waals surface area contributed by atoms with E-state index in [4.69, 9.17) is 16.3 Å². The van der Waals surface area contributed by atoms with Crippen LogP contribution in [-0.4, -0.2) is 43.9 Å². The molecule has 2 N–H and O–H groups in total. The summed E-state index contributed by atoms with van der Waals surface area (Å²) in [5, 5.41) is 22.0. The number of nitriles is 1. The first-order chi connectivity index (χ1) is 19.2. The first-order valence-electron chi connectivity index (χ1n) is 14.1. The minimum absolute atomic E-state index is 0.115. The highest BCUT2D eigenvalue weighted by Gasteiger charge is 2.47. The average Bonchev–Trinajstić information content (AvgIpc) is 2.93. The van der Waals surface area contributed by atoms with Gasteiger partial charge in [-0.3, -0.25) is 4.79 Å². The molecule has 2 bridgehead atoms. The summed E-state index contributed by atoms with van der Waals surface area (Å²) in [6.45, 7) is 1.62. The van der Waals surface area contributed by atoms with E-state index in [0.717, 1.165) is 43.2 Å². The lowest BCUT2D eigenvalue weighted by atomic mass is 9.63. The number of carbonyl (C=O) groups is 1. The van der Waals surface area contributed by atoms with E-state index >= 15 is 0 Å². The van der Waals surface area contributed by atoms with Crippen LogP contribution in [-0.2, 0) is 23.1 Å². The number of rotatable bonds is 0. The molecular formula is C30H36ClN3O5S. The number of sulfonamides is 1. The number of ether oxygens (including phenoxy) is 1. The second-order valence-electron chi connectivity index (χ2n) is 11.3. The van der Waals surface area contributed by atoms with E-state index in [0.29, 0.717) is 61.8 Å². The van der Waals surface area contributed by atoms with Crippen LogP contribution in [0.5, 0.6) is 5.75 Å². The Morgan fingerprint density at radius 3 is 2.70 bits per heavy atom. The number of hydrogen-bond donors (Lipinski definition) is 2. The number of nitrogens with one attached hydrogen (secondary N) is 1. The summed E-state index contributed by atoms with van der Waals surface area (Å²) in [5.41, 5.74) is 1.70. The Balaban J connectivity index is 1.53. The number of aryl methyl sites for hydroxylation is 1. The van der Waals surface area contributed by atoms with Crippen molar-refractivity contribution in [3.05, 3.63) is 58.1 Å². The Kier molecular flexibility index (Phi) is 8.60. The third-order valence-electron chi connectivity index (χ3n) is 8.64. The zero-order valence-corrected chi connectivity index (χ0v) is 24.1. The molecule has 2 heterocycles. The van der Waals surface area contributed by atoms with Crippen LogP contribution < -0.4 is 14.4 Å². The number of carbonyl (C=O) groups excluding carboxylic acids is 1. The van der Waals surface area contributed by atoms with Crippen LogP contribution in [0.1, 0.15) is 72.9 Å². The molecule has 40 heavy (non-hydrogen) atoms. The van der Waals surface area contributed by atoms with Gasteiger partial charge >= 0.3 is 0 Å². The van der Waals surface area contributed by atoms with Gasteiger partial charge in [-0.05, 0) is 98.7 Å². The van der Waals surface area contributed by atoms with E-state index in [1.807, 2.05) is 18.2 Å². The Labute approximate surface area is 241 Å². The number of amides is 1. The van der Waals surface area contributed by atoms with Crippen LogP contribution in [0.2, 0.25) is 5.02 Å². The molecule has 3 atom stereocenters. The van der Waals surface area contributed by atoms with Crippen molar-refractivity contribution in [1.82, 2.24) is 4.72 Å². The van der Waals surface area contributed by atoms with Gasteiger partial charge in [0.2, 0.25) is 10.0 Å². The number of fused-ring (bicyclic) bond motifs is 3. The van der Waals surface area contributed by atoms with Gasteiger partial charge in [-0.15, -0.1) is 0 Å². The molecule has 2 aliphatic heterocycles. The maximum atomic E-state index is 13.1. The molecule has 0 spiro atoms. The summed E-state index contributed by atoms with van der Waals surface area (Å²) >= 11 is 6.28. The van der Waals surface area contributed by atoms with Crippen LogP contribution in [0.4, 0.5) is 5.69 Å². The number of nitrogens with zero attached hydrogens (tertiary/aromatic N) is 2. The molecule has 2 aromatic rings. The average molecular weight is 586 g/mol. The number of aliphatic hydroxyl groups is 1. The Hall–Kier alpha value is -2.80. The highest BCUT2D eigenvalue weighted by atomic mass is 35.5. The Bertz CT molecular complexity index is 1410. The molecular weight excluding hydrogens is 550 g/mol. The van der Waals surface area contributed by atoms with E-state index in [9.17, 15) is 23.6 Å². The first-order valence-corrected chi connectivity index (χ1v) is 16.2. The number of anilines is 1. The van der Waals surface area contributed by atoms with Crippen molar-refractivity contribution < 1.29 is 23.1 Å². The molecule has 214 valence electrons. The molecule has 1 amide bonds. The molecule has 8 nitrogen and oxygen atoms in total. The highest BCUT2D eigenvalue weighted by molar-refractivity contribution is 7.90. The van der Waals surface area contributed by atoms with E-state index in [1.165, 1.54) is 0 Å². The molecule has 0 unspecified atom stereocenters. The van der Waals surface area contributed by atoms with Crippen LogP contribution in [0.3, 0.4) is 0 Å². The number of hydrogen-bond acceptors (Lipinski definition) is 7. The van der Waals surface area contributed by atoms with Gasteiger partial charge in [-0.1, -0.05) is 24.1 Å². The van der Waals surface area contributed by atoms with Gasteiger partial charge in [0.25, 0.3) is 5.91 Å². The molecule has 1 saturated carbocycles. The van der Waals surface area contributed by atoms with Crippen molar-refractivity contribution in [2.75, 3.05) is 23.7 Å². The molecule has 3 aliphatic rings. The van der Waals surface area contributed by atoms with Crippen LogP contribution in [0, 0.1) is 23.2 Å². The quantitative estimate of drug-likeness (QED) is 0.419. The molecule has 0 saturated heterocycles. The molecule has 1 fully saturated rings. The largest absolute Gasteiger partial charge is 0.487 e. The van der Waals surface area contributed by atoms with Crippen LogP contribution >= 0.6 is 11.6 Å². The SMILES string of the molecule is N#C[C@@]1(O)CCCCCS(=O)(=O)NC(=O)c2ccc3c(c2)N(CCCCc2cc(Cl)ccc2CO3)C[C@@H]2CC[C@H]21. The van der Waals surface area contributed by atoms with Crippen molar-refractivity contribution in [1.29, 1.82) is 5.26 Å². The Morgan fingerprint density at radius 1 is 1.07 bits per heavy atom. The van der Waals surface area contributed by atoms with Gasteiger partial charge in [0, 0.05) is 29.6 Å². The van der Waals surface area contributed by atoms with Gasteiger partial charge in [0.1, 0.15) is 12.4 Å². The highest BCUT2D eigenvalue weighted by Crippen LogP contribution is 2.45. The topological polar surface area (TPSA) is 120 Å². The number of halogens is 1. The fourth-order valence-electron chi connectivity index (χ4n) is 6.22. The molecule has 10 heteroatoms. The van der Waals surface area contributed by atoms with Gasteiger partial charge < -0.3 is 14.7 Å². The molecule has 1 aliphatic carbocycles. The normalized spacial score (nSPS) is 27.3. The summed E-state index contributed by atoms with van der Waals surface area (Å²) in [4.78, 5) is 15.2. The maximum Gasteiger partial charge on any atom is 0.264 e. The number of benzene rings is 2. The summed E-state index contributed by atoms with van der Waals surface area (Å²) in [7, 11) is -3.83. The Morgan fingerprint density at radius 2 is 1.93 bits per heavy atom. The minimum atomic E-state index is -3.83. The van der Waals surface area contributed by atoms with E-state index in [2.05, 4.69) is 15.7 Å². The predicted octanol–water partition coefficient (Wildman–Crippen LogP) is 4.98. The smallest absolute Gasteiger partial charge is 0.264 e. The zero-order valence-electron chi connectivity index (χ0n) is 22.6. The summed E-state index contributed by atoms with van der Waals surface area (Å²) in [5.74, 6) is -0.308. The maximum absolute atomic E-state index is 13.1. The van der Waals surface area contributed by atoms with Gasteiger partial charge in [0.05, 0.1) is 17.5 Å². The van der Waals surface area contributed by atoms with Crippen molar-refractivity contribution in [3.63, 3.8) is 0 Å². The lowest BCUT2D eigenvalue weighted by Crippen LogP contribution is -2.50. The van der Waals surface area contributed by atoms with Crippen molar-refractivity contribution in [3.8, 4) is 11.8 Å². The minimum Gasteiger partial charge on any atom is -0.487 e. The molecule has 0 aromatic heterocycles. The first kappa shape index (κ1) is 28.7. The van der Waals surface area contributed by atoms with E-state index < -0.39 is 21.5 Å². The van der Waals surface area contributed by atoms with E-state index in [-0.39, 0.29) is 23.2 Å². The molecule has 2 aromatic carbocycles. The summed E-state index contributed by atoms with van der Waals surface area (Å²) in [6, 6.07) is 13.0. The summed E-state index contributed by atoms with van der Waals surface area (Å²) < 4.78 is 33.8. The zero-order chi connectivity index (χ0) is 28.3. The van der Waals surface area contributed by atoms with Gasteiger partial charge in [-0.2, -0.15) is 5.26 Å². The van der Waals surface area contributed by atoms with Gasteiger partial charge in [0.15, 0.2) is 5.60 Å². The van der Waals surface area contributed by atoms with Crippen molar-refractivity contribution in [2.24, 2.45) is 11.8 Å². The second-order valence-corrected chi connectivity index (χ2v) is 13.6. The van der Waals surface area contributed by atoms with Gasteiger partial charge in [-0.25, -0.2) is 13.1 Å². The van der Waals surface area contributed by atoms with Crippen LogP contribution in [0.25, 0.3) is 0 Å². The third kappa shape index (κ3) is 6.40. The summed E-state index contributed by atoms with van der Waals surface area (Å²) in [6.07, 6.45) is 6.08. The van der Waals surface area contributed by atoms with Crippen LogP contribution in [0.15, 0.2) is 36.4 Å². The van der Waals surface area contributed by atoms with E-state index in [1.54, 1.807) is 18.2 Å². The fourth-order valence-corrected chi connectivity index (χ4v) is 7.50. The fraction of sp³-hybridized carbons (Fsp3) is 0.533. The lowest BCUT2D eigenvalue weighted by Gasteiger charge is -2.46.